The number of fused-ring (bicyclic) bond motifs is 1. The van der Waals surface area contributed by atoms with Crippen molar-refractivity contribution in [1.29, 1.82) is 0 Å². The lowest BCUT2D eigenvalue weighted by molar-refractivity contribution is -0.00865. The largest absolute Gasteiger partial charge is 0.444 e. The van der Waals surface area contributed by atoms with Gasteiger partial charge in [0.1, 0.15) is 11.4 Å². The molecule has 4 rings (SSSR count). The second-order valence-electron chi connectivity index (χ2n) is 9.93. The summed E-state index contributed by atoms with van der Waals surface area (Å²) in [4.78, 5) is 27.7. The van der Waals surface area contributed by atoms with Gasteiger partial charge in [0.15, 0.2) is 5.65 Å². The number of aromatic nitrogens is 3. The van der Waals surface area contributed by atoms with Crippen LogP contribution in [0.5, 0.6) is 0 Å². The van der Waals surface area contributed by atoms with Gasteiger partial charge in [-0.1, -0.05) is 0 Å². The normalized spacial score (nSPS) is 19.0. The minimum Gasteiger partial charge on any atom is -0.444 e. The molecule has 3 heterocycles. The van der Waals surface area contributed by atoms with Crippen LogP contribution >= 0.6 is 0 Å². The van der Waals surface area contributed by atoms with Gasteiger partial charge in [-0.05, 0) is 77.3 Å². The molecule has 1 amide bonds. The Kier molecular flexibility index (Phi) is 4.98. The van der Waals surface area contributed by atoms with Crippen molar-refractivity contribution in [2.45, 2.75) is 71.9 Å². The van der Waals surface area contributed by atoms with E-state index in [9.17, 15) is 4.79 Å². The number of carbonyl (C=O) groups is 1. The SMILES string of the molecule is Cc1cc(C)c2c(N)nc(NC3CC4(CCN(C(=O)OC(C)(C)C)CC4)C3)nc2n1. The Hall–Kier alpha value is -2.64. The highest BCUT2D eigenvalue weighted by Gasteiger charge is 2.47. The number of hydrogen-bond acceptors (Lipinski definition) is 7. The summed E-state index contributed by atoms with van der Waals surface area (Å²) in [5.41, 5.74) is 8.63. The van der Waals surface area contributed by atoms with Crippen molar-refractivity contribution in [1.82, 2.24) is 19.9 Å². The Labute approximate surface area is 177 Å². The monoisotopic (exact) mass is 412 g/mol. The van der Waals surface area contributed by atoms with Gasteiger partial charge < -0.3 is 20.7 Å². The van der Waals surface area contributed by atoms with Crippen LogP contribution < -0.4 is 11.1 Å². The maximum Gasteiger partial charge on any atom is 0.410 e. The quantitative estimate of drug-likeness (QED) is 0.772. The first-order chi connectivity index (χ1) is 14.0. The third-order valence-electron chi connectivity index (χ3n) is 6.19. The van der Waals surface area contributed by atoms with E-state index in [0.29, 0.717) is 28.9 Å². The van der Waals surface area contributed by atoms with Crippen molar-refractivity contribution >= 4 is 28.9 Å². The van der Waals surface area contributed by atoms with E-state index in [1.165, 1.54) is 0 Å². The Morgan fingerprint density at radius 2 is 1.87 bits per heavy atom. The van der Waals surface area contributed by atoms with Crippen LogP contribution in [0, 0.1) is 19.3 Å². The summed E-state index contributed by atoms with van der Waals surface area (Å²) in [7, 11) is 0. The molecular weight excluding hydrogens is 380 g/mol. The molecular formula is C22H32N6O2. The molecule has 2 aliphatic rings. The summed E-state index contributed by atoms with van der Waals surface area (Å²) in [6, 6.07) is 2.31. The van der Waals surface area contributed by atoms with E-state index >= 15 is 0 Å². The number of likely N-dealkylation sites (tertiary alicyclic amines) is 1. The first-order valence-electron chi connectivity index (χ1n) is 10.7. The third kappa shape index (κ3) is 4.13. The molecule has 0 radical (unpaired) electrons. The molecule has 1 aliphatic carbocycles. The number of piperidine rings is 1. The molecule has 0 atom stereocenters. The lowest BCUT2D eigenvalue weighted by Gasteiger charge is -2.52. The fourth-order valence-electron chi connectivity index (χ4n) is 4.74. The molecule has 2 aromatic heterocycles. The van der Waals surface area contributed by atoms with Crippen molar-refractivity contribution < 1.29 is 9.53 Å². The molecule has 2 aromatic rings. The zero-order chi connectivity index (χ0) is 21.7. The summed E-state index contributed by atoms with van der Waals surface area (Å²) in [5, 5.41) is 4.26. The van der Waals surface area contributed by atoms with Crippen molar-refractivity contribution in [3.63, 3.8) is 0 Å². The van der Waals surface area contributed by atoms with Gasteiger partial charge in [0.25, 0.3) is 0 Å². The number of nitrogen functional groups attached to an aromatic ring is 1. The molecule has 1 saturated carbocycles. The van der Waals surface area contributed by atoms with Gasteiger partial charge in [0.2, 0.25) is 5.95 Å². The molecule has 1 spiro atoms. The number of amides is 1. The van der Waals surface area contributed by atoms with Gasteiger partial charge in [-0.2, -0.15) is 9.97 Å². The van der Waals surface area contributed by atoms with Crippen LogP contribution in [0.2, 0.25) is 0 Å². The number of rotatable bonds is 2. The predicted octanol–water partition coefficient (Wildman–Crippen LogP) is 3.82. The number of carbonyl (C=O) groups excluding carboxylic acids is 1. The highest BCUT2D eigenvalue weighted by atomic mass is 16.6. The van der Waals surface area contributed by atoms with Gasteiger partial charge in [0.05, 0.1) is 5.39 Å². The number of anilines is 2. The maximum atomic E-state index is 12.3. The van der Waals surface area contributed by atoms with E-state index in [-0.39, 0.29) is 6.09 Å². The predicted molar refractivity (Wildman–Crippen MR) is 117 cm³/mol. The van der Waals surface area contributed by atoms with E-state index < -0.39 is 5.60 Å². The second-order valence-corrected chi connectivity index (χ2v) is 9.93. The van der Waals surface area contributed by atoms with Crippen molar-refractivity contribution in [3.05, 3.63) is 17.3 Å². The molecule has 0 bridgehead atoms. The topological polar surface area (TPSA) is 106 Å². The van der Waals surface area contributed by atoms with E-state index in [4.69, 9.17) is 10.5 Å². The lowest BCUT2D eigenvalue weighted by Crippen LogP contribution is -2.53. The van der Waals surface area contributed by atoms with Gasteiger partial charge in [-0.3, -0.25) is 0 Å². The minimum absolute atomic E-state index is 0.204. The van der Waals surface area contributed by atoms with Crippen molar-refractivity contribution in [2.75, 3.05) is 24.1 Å². The molecule has 8 nitrogen and oxygen atoms in total. The van der Waals surface area contributed by atoms with Crippen LogP contribution in [-0.4, -0.2) is 50.7 Å². The van der Waals surface area contributed by atoms with Crippen LogP contribution in [-0.2, 0) is 4.74 Å². The van der Waals surface area contributed by atoms with Crippen molar-refractivity contribution in [2.24, 2.45) is 5.41 Å². The zero-order valence-corrected chi connectivity index (χ0v) is 18.6. The smallest absolute Gasteiger partial charge is 0.410 e. The number of aryl methyl sites for hydroxylation is 2. The van der Waals surface area contributed by atoms with Gasteiger partial charge in [-0.25, -0.2) is 9.78 Å². The molecule has 8 heteroatoms. The minimum atomic E-state index is -0.453. The van der Waals surface area contributed by atoms with Crippen LogP contribution in [0.15, 0.2) is 6.07 Å². The van der Waals surface area contributed by atoms with E-state index in [1.54, 1.807) is 0 Å². The fraction of sp³-hybridized carbons (Fsp3) is 0.636. The van der Waals surface area contributed by atoms with Gasteiger partial charge in [-0.15, -0.1) is 0 Å². The average molecular weight is 413 g/mol. The van der Waals surface area contributed by atoms with E-state index in [0.717, 1.165) is 55.4 Å². The summed E-state index contributed by atoms with van der Waals surface area (Å²) >= 11 is 0. The maximum absolute atomic E-state index is 12.3. The molecule has 2 fully saturated rings. The number of hydrogen-bond donors (Lipinski definition) is 2. The Morgan fingerprint density at radius 3 is 2.50 bits per heavy atom. The number of nitrogens with zero attached hydrogens (tertiary/aromatic N) is 4. The fourth-order valence-corrected chi connectivity index (χ4v) is 4.74. The van der Waals surface area contributed by atoms with Crippen LogP contribution in [0.25, 0.3) is 11.0 Å². The highest BCUT2D eigenvalue weighted by molar-refractivity contribution is 5.89. The second kappa shape index (κ2) is 7.25. The summed E-state index contributed by atoms with van der Waals surface area (Å²) in [5.74, 6) is 1.01. The van der Waals surface area contributed by atoms with Gasteiger partial charge in [0, 0.05) is 24.8 Å². The lowest BCUT2D eigenvalue weighted by atomic mass is 9.60. The van der Waals surface area contributed by atoms with E-state index in [1.807, 2.05) is 45.6 Å². The summed E-state index contributed by atoms with van der Waals surface area (Å²) in [6.07, 6.45) is 3.91. The summed E-state index contributed by atoms with van der Waals surface area (Å²) in [6.45, 7) is 11.2. The van der Waals surface area contributed by atoms with Crippen LogP contribution in [0.1, 0.15) is 57.7 Å². The third-order valence-corrected chi connectivity index (χ3v) is 6.19. The average Bonchev–Trinajstić information content (AvgIpc) is 2.58. The van der Waals surface area contributed by atoms with E-state index in [2.05, 4.69) is 20.3 Å². The summed E-state index contributed by atoms with van der Waals surface area (Å²) < 4.78 is 5.50. The molecule has 3 N–H and O–H groups in total. The molecule has 1 saturated heterocycles. The Morgan fingerprint density at radius 1 is 1.20 bits per heavy atom. The number of nitrogens with two attached hydrogens (primary N) is 1. The molecule has 1 aliphatic heterocycles. The van der Waals surface area contributed by atoms with Gasteiger partial charge >= 0.3 is 6.09 Å². The first kappa shape index (κ1) is 20.6. The Bertz CT molecular complexity index is 968. The highest BCUT2D eigenvalue weighted by Crippen LogP contribution is 2.50. The molecule has 162 valence electrons. The molecule has 0 aromatic carbocycles. The van der Waals surface area contributed by atoms with Crippen LogP contribution in [0.4, 0.5) is 16.6 Å². The van der Waals surface area contributed by atoms with Crippen molar-refractivity contribution in [3.8, 4) is 0 Å². The number of ether oxygens (including phenoxy) is 1. The standard InChI is InChI=1S/C22H32N6O2/c1-13-10-14(2)24-18-16(13)17(23)26-19(27-18)25-15-11-22(12-15)6-8-28(9-7-22)20(29)30-21(3,4)5/h10,15H,6-9,11-12H2,1-5H3,(H3,23,24,25,26,27). The number of nitrogens with one attached hydrogen (secondary N) is 1. The Balaban J connectivity index is 1.35. The van der Waals surface area contributed by atoms with Crippen LogP contribution in [0.3, 0.4) is 0 Å². The first-order valence-corrected chi connectivity index (χ1v) is 10.7. The number of pyridine rings is 1. The zero-order valence-electron chi connectivity index (χ0n) is 18.6. The molecule has 30 heavy (non-hydrogen) atoms. The molecule has 0 unspecified atom stereocenters.